The van der Waals surface area contributed by atoms with Crippen LogP contribution in [0.1, 0.15) is 12.7 Å². The largest absolute Gasteiger partial charge is 0.469 e. The van der Waals surface area contributed by atoms with Crippen molar-refractivity contribution in [3.05, 3.63) is 30.6 Å². The van der Waals surface area contributed by atoms with Gasteiger partial charge >= 0.3 is 0 Å². The maximum absolute atomic E-state index is 5.04. The molecule has 0 N–H and O–H groups in total. The van der Waals surface area contributed by atoms with Crippen LogP contribution < -0.4 is 0 Å². The summed E-state index contributed by atoms with van der Waals surface area (Å²) in [5, 5.41) is 0. The molecule has 0 unspecified atom stereocenters. The fourth-order valence-electron chi connectivity index (χ4n) is 0.630. The van der Waals surface area contributed by atoms with Crippen molar-refractivity contribution in [2.45, 2.75) is 13.3 Å². The Bertz CT molecular complexity index is 130. The summed E-state index contributed by atoms with van der Waals surface area (Å²) in [5.41, 5.74) is 0. The molecule has 0 saturated heterocycles. The lowest BCUT2D eigenvalue weighted by molar-refractivity contribution is 0.519. The first-order chi connectivity index (χ1) is 3.93. The lowest BCUT2D eigenvalue weighted by atomic mass is 10.3. The summed E-state index contributed by atoms with van der Waals surface area (Å²) in [4.78, 5) is 0. The third-order valence-corrected chi connectivity index (χ3v) is 0.985. The first kappa shape index (κ1) is 5.42. The molecule has 0 atom stereocenters. The van der Waals surface area contributed by atoms with Gasteiger partial charge in [-0.3, -0.25) is 0 Å². The van der Waals surface area contributed by atoms with E-state index in [1.54, 1.807) is 6.26 Å². The van der Waals surface area contributed by atoms with Gasteiger partial charge in [-0.1, -0.05) is 6.92 Å². The van der Waals surface area contributed by atoms with E-state index < -0.39 is 0 Å². The molecule has 0 aromatic carbocycles. The highest BCUT2D eigenvalue weighted by molar-refractivity contribution is 5.00. The normalized spacial score (nSPS) is 9.62. The Morgan fingerprint density at radius 3 is 3.12 bits per heavy atom. The van der Waals surface area contributed by atoms with Crippen LogP contribution in [0.5, 0.6) is 0 Å². The third-order valence-electron chi connectivity index (χ3n) is 0.985. The summed E-state index contributed by atoms with van der Waals surface area (Å²) in [6, 6.07) is 3.87. The summed E-state index contributed by atoms with van der Waals surface area (Å²) in [6.45, 7) is 2.02. The van der Waals surface area contributed by atoms with E-state index in [0.717, 1.165) is 12.2 Å². The van der Waals surface area contributed by atoms with E-state index in [4.69, 9.17) is 4.42 Å². The molecular formula is C7H9O. The predicted octanol–water partition coefficient (Wildman–Crippen LogP) is 2.05. The van der Waals surface area contributed by atoms with Gasteiger partial charge in [0.1, 0.15) is 5.76 Å². The van der Waals surface area contributed by atoms with Gasteiger partial charge in [-0.25, -0.2) is 0 Å². The molecule has 0 amide bonds. The maximum Gasteiger partial charge on any atom is 0.104 e. The lowest BCUT2D eigenvalue weighted by Gasteiger charge is -1.85. The highest BCUT2D eigenvalue weighted by Crippen LogP contribution is 2.01. The van der Waals surface area contributed by atoms with Crippen LogP contribution in [0.4, 0.5) is 0 Å². The zero-order valence-corrected chi connectivity index (χ0v) is 4.92. The van der Waals surface area contributed by atoms with Gasteiger partial charge in [0.25, 0.3) is 0 Å². The molecule has 1 nitrogen and oxygen atoms in total. The summed E-state index contributed by atoms with van der Waals surface area (Å²) >= 11 is 0. The predicted molar refractivity (Wildman–Crippen MR) is 32.4 cm³/mol. The molecule has 1 aromatic rings. The van der Waals surface area contributed by atoms with Gasteiger partial charge in [0.05, 0.1) is 6.26 Å². The molecule has 8 heavy (non-hydrogen) atoms. The van der Waals surface area contributed by atoms with Crippen molar-refractivity contribution in [2.24, 2.45) is 0 Å². The van der Waals surface area contributed by atoms with Crippen molar-refractivity contribution in [2.75, 3.05) is 0 Å². The van der Waals surface area contributed by atoms with Crippen molar-refractivity contribution in [3.63, 3.8) is 0 Å². The first-order valence-corrected chi connectivity index (χ1v) is 2.73. The second kappa shape index (κ2) is 2.55. The molecule has 1 heteroatoms. The van der Waals surface area contributed by atoms with Gasteiger partial charge in [0.2, 0.25) is 0 Å². The van der Waals surface area contributed by atoms with Crippen molar-refractivity contribution in [1.82, 2.24) is 0 Å². The molecule has 0 bridgehead atoms. The van der Waals surface area contributed by atoms with Crippen LogP contribution in [0.3, 0.4) is 0 Å². The average molecular weight is 109 g/mol. The van der Waals surface area contributed by atoms with Crippen molar-refractivity contribution >= 4 is 0 Å². The van der Waals surface area contributed by atoms with Gasteiger partial charge in [0.15, 0.2) is 0 Å². The second-order valence-electron chi connectivity index (χ2n) is 1.69. The van der Waals surface area contributed by atoms with Crippen LogP contribution in [-0.2, 0) is 6.42 Å². The standard InChI is InChI=1S/C7H9O/c1-2-4-7-5-3-6-8-7/h2-3,5-6H,4H2,1H3. The number of hydrogen-bond donors (Lipinski definition) is 0. The van der Waals surface area contributed by atoms with Crippen LogP contribution in [0, 0.1) is 6.42 Å². The summed E-state index contributed by atoms with van der Waals surface area (Å²) in [5.74, 6) is 1.03. The highest BCUT2D eigenvalue weighted by Gasteiger charge is 1.89. The minimum atomic E-state index is 0.938. The van der Waals surface area contributed by atoms with Crippen molar-refractivity contribution in [3.8, 4) is 0 Å². The molecule has 1 radical (unpaired) electrons. The highest BCUT2D eigenvalue weighted by atomic mass is 16.3. The lowest BCUT2D eigenvalue weighted by Crippen LogP contribution is -1.75. The van der Waals surface area contributed by atoms with Gasteiger partial charge in [-0.15, -0.1) is 0 Å². The fourth-order valence-corrected chi connectivity index (χ4v) is 0.630. The molecule has 0 aliphatic heterocycles. The Labute approximate surface area is 49.3 Å². The van der Waals surface area contributed by atoms with E-state index in [1.807, 2.05) is 19.1 Å². The third kappa shape index (κ3) is 1.12. The summed E-state index contributed by atoms with van der Waals surface area (Å²) in [7, 11) is 0. The maximum atomic E-state index is 5.04. The first-order valence-electron chi connectivity index (χ1n) is 2.73. The zero-order chi connectivity index (χ0) is 5.82. The zero-order valence-electron chi connectivity index (χ0n) is 4.92. The smallest absolute Gasteiger partial charge is 0.104 e. The van der Waals surface area contributed by atoms with Crippen LogP contribution in [-0.4, -0.2) is 0 Å². The van der Waals surface area contributed by atoms with Gasteiger partial charge in [-0.05, 0) is 18.6 Å². The molecule has 1 aromatic heterocycles. The molecule has 0 aliphatic rings. The van der Waals surface area contributed by atoms with Crippen molar-refractivity contribution < 1.29 is 4.42 Å². The number of hydrogen-bond acceptors (Lipinski definition) is 1. The molecule has 0 saturated carbocycles. The molecule has 0 aliphatic carbocycles. The Balaban J connectivity index is 2.50. The fraction of sp³-hybridized carbons (Fsp3) is 0.286. The van der Waals surface area contributed by atoms with Crippen LogP contribution >= 0.6 is 0 Å². The molecule has 1 rings (SSSR count). The van der Waals surface area contributed by atoms with E-state index in [1.165, 1.54) is 0 Å². The molecule has 0 fully saturated rings. The summed E-state index contributed by atoms with van der Waals surface area (Å²) < 4.78 is 5.04. The molecular weight excluding hydrogens is 100 g/mol. The van der Waals surface area contributed by atoms with Gasteiger partial charge < -0.3 is 4.42 Å². The summed E-state index contributed by atoms with van der Waals surface area (Å²) in [6.07, 6.45) is 4.70. The molecule has 43 valence electrons. The number of rotatable bonds is 2. The minimum absolute atomic E-state index is 0.938. The van der Waals surface area contributed by atoms with Crippen molar-refractivity contribution in [1.29, 1.82) is 0 Å². The van der Waals surface area contributed by atoms with E-state index in [9.17, 15) is 0 Å². The molecule has 1 heterocycles. The van der Waals surface area contributed by atoms with Crippen LogP contribution in [0.15, 0.2) is 22.8 Å². The van der Waals surface area contributed by atoms with E-state index in [-0.39, 0.29) is 0 Å². The van der Waals surface area contributed by atoms with Crippen LogP contribution in [0.25, 0.3) is 0 Å². The van der Waals surface area contributed by atoms with E-state index in [0.29, 0.717) is 0 Å². The Morgan fingerprint density at radius 1 is 1.75 bits per heavy atom. The van der Waals surface area contributed by atoms with Gasteiger partial charge in [0, 0.05) is 6.42 Å². The second-order valence-corrected chi connectivity index (χ2v) is 1.69. The minimum Gasteiger partial charge on any atom is -0.469 e. The van der Waals surface area contributed by atoms with E-state index in [2.05, 4.69) is 6.42 Å². The van der Waals surface area contributed by atoms with Crippen LogP contribution in [0.2, 0.25) is 0 Å². The SMILES string of the molecule is C[CH]Cc1ccco1. The Hall–Kier alpha value is -0.720. The van der Waals surface area contributed by atoms with E-state index >= 15 is 0 Å². The quantitative estimate of drug-likeness (QED) is 0.566. The monoisotopic (exact) mass is 109 g/mol. The average Bonchev–Trinajstić information content (AvgIpc) is 2.19. The topological polar surface area (TPSA) is 13.1 Å². The molecule has 0 spiro atoms. The number of furan rings is 1. The van der Waals surface area contributed by atoms with Gasteiger partial charge in [-0.2, -0.15) is 0 Å². The Morgan fingerprint density at radius 2 is 2.62 bits per heavy atom. The Kier molecular flexibility index (Phi) is 1.73.